The van der Waals surface area contributed by atoms with E-state index >= 15 is 0 Å². The number of anilines is 1. The first kappa shape index (κ1) is 10.2. The molecule has 0 aliphatic heterocycles. The van der Waals surface area contributed by atoms with Crippen molar-refractivity contribution in [2.24, 2.45) is 0 Å². The Balaban J connectivity index is 2.45. The molecule has 1 aromatic carbocycles. The molecule has 0 bridgehead atoms. The van der Waals surface area contributed by atoms with Crippen LogP contribution in [0.15, 0.2) is 24.3 Å². The largest absolute Gasteiger partial charge is 0.399 e. The molecule has 5 nitrogen and oxygen atoms in total. The smallest absolute Gasteiger partial charge is 0.137 e. The van der Waals surface area contributed by atoms with E-state index in [1.165, 1.54) is 0 Å². The van der Waals surface area contributed by atoms with Crippen LogP contribution in [0.4, 0.5) is 5.69 Å². The third-order valence-corrected chi connectivity index (χ3v) is 2.93. The monoisotopic (exact) mass is 230 g/mol. The second kappa shape index (κ2) is 3.49. The first-order valence-corrected chi connectivity index (χ1v) is 5.55. The summed E-state index contributed by atoms with van der Waals surface area (Å²) in [5.74, 6) is 0. The van der Waals surface area contributed by atoms with Gasteiger partial charge in [-0.1, -0.05) is 0 Å². The number of aryl methyl sites for hydroxylation is 1. The van der Waals surface area contributed by atoms with Gasteiger partial charge in [0.25, 0.3) is 0 Å². The first-order chi connectivity index (χ1) is 8.20. The van der Waals surface area contributed by atoms with Gasteiger partial charge in [-0.2, -0.15) is 5.10 Å². The van der Waals surface area contributed by atoms with Gasteiger partial charge in [-0.25, -0.2) is 4.52 Å². The summed E-state index contributed by atoms with van der Waals surface area (Å²) >= 11 is 0. The summed E-state index contributed by atoms with van der Waals surface area (Å²) in [6.07, 6.45) is 0. The minimum Gasteiger partial charge on any atom is -0.399 e. The van der Waals surface area contributed by atoms with E-state index in [-0.39, 0.29) is 6.61 Å². The van der Waals surface area contributed by atoms with E-state index in [2.05, 4.69) is 5.10 Å². The lowest BCUT2D eigenvalue weighted by Crippen LogP contribution is -2.01. The van der Waals surface area contributed by atoms with Crippen LogP contribution < -0.4 is 5.73 Å². The van der Waals surface area contributed by atoms with Crippen LogP contribution in [0.5, 0.6) is 0 Å². The molecule has 2 heterocycles. The quantitative estimate of drug-likeness (QED) is 0.649. The zero-order chi connectivity index (χ0) is 12.0. The van der Waals surface area contributed by atoms with Crippen LogP contribution in [-0.4, -0.2) is 25.9 Å². The predicted octanol–water partition coefficient (Wildman–Crippen LogP) is 1.17. The number of hydrogen-bond donors (Lipinski definition) is 2. The number of nitrogens with two attached hydrogens (primary N) is 1. The van der Waals surface area contributed by atoms with Crippen LogP contribution in [0.3, 0.4) is 0 Å². The van der Waals surface area contributed by atoms with E-state index in [0.29, 0.717) is 12.2 Å². The third-order valence-electron chi connectivity index (χ3n) is 2.93. The number of aromatic nitrogens is 3. The second-order valence-electron chi connectivity index (χ2n) is 4.18. The van der Waals surface area contributed by atoms with Crippen molar-refractivity contribution in [2.75, 3.05) is 12.3 Å². The summed E-state index contributed by atoms with van der Waals surface area (Å²) in [5.41, 5.74) is 10.5. The van der Waals surface area contributed by atoms with Crippen LogP contribution in [0.1, 0.15) is 5.69 Å². The first-order valence-electron chi connectivity index (χ1n) is 5.55. The Bertz CT molecular complexity index is 695. The Morgan fingerprint density at radius 2 is 2.12 bits per heavy atom. The summed E-state index contributed by atoms with van der Waals surface area (Å²) in [6.45, 7) is 2.60. The molecular weight excluding hydrogens is 216 g/mol. The highest BCUT2D eigenvalue weighted by atomic mass is 16.3. The molecule has 0 amide bonds. The zero-order valence-corrected chi connectivity index (χ0v) is 9.59. The van der Waals surface area contributed by atoms with Gasteiger partial charge in [0.05, 0.1) is 23.3 Å². The zero-order valence-electron chi connectivity index (χ0n) is 9.59. The molecule has 0 fully saturated rings. The summed E-state index contributed by atoms with van der Waals surface area (Å²) in [7, 11) is 0. The fourth-order valence-corrected chi connectivity index (χ4v) is 2.25. The molecule has 88 valence electrons. The molecule has 3 rings (SSSR count). The molecule has 0 spiro atoms. The maximum Gasteiger partial charge on any atom is 0.137 e. The standard InChI is InChI=1S/C12H14N4O/c1-8-6-12-15(4-5-17)11-7-9(13)2-3-10(11)16(12)14-8/h2-3,6-7,17H,4-5,13H2,1H3. The summed E-state index contributed by atoms with van der Waals surface area (Å²) in [4.78, 5) is 0. The number of hydrogen-bond acceptors (Lipinski definition) is 3. The fourth-order valence-electron chi connectivity index (χ4n) is 2.25. The van der Waals surface area contributed by atoms with Crippen LogP contribution in [0, 0.1) is 6.92 Å². The Morgan fingerprint density at radius 3 is 2.88 bits per heavy atom. The van der Waals surface area contributed by atoms with Crippen LogP contribution in [0.25, 0.3) is 16.7 Å². The van der Waals surface area contributed by atoms with Gasteiger partial charge in [-0.15, -0.1) is 0 Å². The van der Waals surface area contributed by atoms with E-state index in [1.54, 1.807) is 0 Å². The average molecular weight is 230 g/mol. The number of fused-ring (bicyclic) bond motifs is 3. The highest BCUT2D eigenvalue weighted by molar-refractivity contribution is 5.84. The number of aliphatic hydroxyl groups excluding tert-OH is 1. The minimum absolute atomic E-state index is 0.0957. The van der Waals surface area contributed by atoms with Gasteiger partial charge in [0, 0.05) is 18.3 Å². The van der Waals surface area contributed by atoms with Gasteiger partial charge in [-0.05, 0) is 25.1 Å². The van der Waals surface area contributed by atoms with E-state index < -0.39 is 0 Å². The lowest BCUT2D eigenvalue weighted by atomic mass is 10.3. The van der Waals surface area contributed by atoms with Crippen molar-refractivity contribution in [3.63, 3.8) is 0 Å². The van der Waals surface area contributed by atoms with Crippen molar-refractivity contribution >= 4 is 22.4 Å². The van der Waals surface area contributed by atoms with Gasteiger partial charge in [0.1, 0.15) is 5.65 Å². The molecule has 17 heavy (non-hydrogen) atoms. The molecule has 3 N–H and O–H groups in total. The Hall–Kier alpha value is -2.01. The molecule has 0 aliphatic carbocycles. The maximum atomic E-state index is 9.15. The van der Waals surface area contributed by atoms with Crippen molar-refractivity contribution in [3.8, 4) is 0 Å². The Morgan fingerprint density at radius 1 is 1.29 bits per heavy atom. The number of nitrogens with zero attached hydrogens (tertiary/aromatic N) is 3. The van der Waals surface area contributed by atoms with Crippen LogP contribution >= 0.6 is 0 Å². The van der Waals surface area contributed by atoms with Gasteiger partial charge in [-0.3, -0.25) is 0 Å². The molecule has 0 saturated heterocycles. The van der Waals surface area contributed by atoms with E-state index in [9.17, 15) is 0 Å². The molecule has 0 atom stereocenters. The van der Waals surface area contributed by atoms with E-state index in [4.69, 9.17) is 10.8 Å². The summed E-state index contributed by atoms with van der Waals surface area (Å²) in [5, 5.41) is 13.6. The normalized spacial score (nSPS) is 11.6. The minimum atomic E-state index is 0.0957. The SMILES string of the molecule is Cc1cc2n(CCO)c3cc(N)ccc3n2n1. The molecule has 2 aromatic heterocycles. The Kier molecular flexibility index (Phi) is 2.09. The van der Waals surface area contributed by atoms with Crippen molar-refractivity contribution in [2.45, 2.75) is 13.5 Å². The van der Waals surface area contributed by atoms with E-state index in [1.807, 2.05) is 40.3 Å². The van der Waals surface area contributed by atoms with Gasteiger partial charge in [0.2, 0.25) is 0 Å². The predicted molar refractivity (Wildman–Crippen MR) is 66.9 cm³/mol. The second-order valence-corrected chi connectivity index (χ2v) is 4.18. The van der Waals surface area contributed by atoms with Gasteiger partial charge >= 0.3 is 0 Å². The van der Waals surface area contributed by atoms with Crippen LogP contribution in [0.2, 0.25) is 0 Å². The molecule has 0 aliphatic rings. The van der Waals surface area contributed by atoms with Crippen molar-refractivity contribution in [3.05, 3.63) is 30.0 Å². The molecule has 3 aromatic rings. The number of nitrogen functional groups attached to an aromatic ring is 1. The number of imidazole rings is 1. The van der Waals surface area contributed by atoms with E-state index in [0.717, 1.165) is 22.4 Å². The molecular formula is C12H14N4O. The Labute approximate surface area is 98.1 Å². The van der Waals surface area contributed by atoms with Gasteiger partial charge in [0.15, 0.2) is 0 Å². The maximum absolute atomic E-state index is 9.15. The third kappa shape index (κ3) is 1.39. The lowest BCUT2D eigenvalue weighted by molar-refractivity contribution is 0.279. The number of aliphatic hydroxyl groups is 1. The van der Waals surface area contributed by atoms with Crippen LogP contribution in [-0.2, 0) is 6.54 Å². The highest BCUT2D eigenvalue weighted by Crippen LogP contribution is 2.23. The number of benzene rings is 1. The molecule has 0 saturated carbocycles. The van der Waals surface area contributed by atoms with Gasteiger partial charge < -0.3 is 15.4 Å². The highest BCUT2D eigenvalue weighted by Gasteiger charge is 2.12. The molecule has 0 unspecified atom stereocenters. The summed E-state index contributed by atoms with van der Waals surface area (Å²) in [6, 6.07) is 7.74. The average Bonchev–Trinajstić information content (AvgIpc) is 2.77. The van der Waals surface area contributed by atoms with Crippen molar-refractivity contribution in [1.82, 2.24) is 14.2 Å². The lowest BCUT2D eigenvalue weighted by Gasteiger charge is -2.02. The van der Waals surface area contributed by atoms with Crippen molar-refractivity contribution < 1.29 is 5.11 Å². The molecule has 5 heteroatoms. The summed E-state index contributed by atoms with van der Waals surface area (Å²) < 4.78 is 3.92. The fraction of sp³-hybridized carbons (Fsp3) is 0.250. The van der Waals surface area contributed by atoms with Crippen molar-refractivity contribution in [1.29, 1.82) is 0 Å². The number of rotatable bonds is 2. The topological polar surface area (TPSA) is 68.5 Å². The molecule has 0 radical (unpaired) electrons.